The minimum Gasteiger partial charge on any atom is -0.356 e. The molecule has 26 heavy (non-hydrogen) atoms. The van der Waals surface area contributed by atoms with Crippen molar-refractivity contribution in [1.82, 2.24) is 30.1 Å². The van der Waals surface area contributed by atoms with Crippen LogP contribution in [0.2, 0.25) is 0 Å². The van der Waals surface area contributed by atoms with Crippen molar-refractivity contribution in [3.8, 4) is 0 Å². The second-order valence-corrected chi connectivity index (χ2v) is 7.51. The van der Waals surface area contributed by atoms with Crippen LogP contribution in [0.15, 0.2) is 29.4 Å². The molecular formula is C19H29N7. The van der Waals surface area contributed by atoms with Crippen molar-refractivity contribution >= 4 is 11.6 Å². The number of pyridine rings is 1. The van der Waals surface area contributed by atoms with Gasteiger partial charge in [0.1, 0.15) is 5.82 Å². The summed E-state index contributed by atoms with van der Waals surface area (Å²) in [4.78, 5) is 7.01. The predicted molar refractivity (Wildman–Crippen MR) is 103 cm³/mol. The van der Waals surface area contributed by atoms with Gasteiger partial charge in [-0.05, 0) is 44.9 Å². The molecule has 0 aromatic carbocycles. The molecule has 2 fully saturated rings. The van der Waals surface area contributed by atoms with Crippen LogP contribution in [0.4, 0.5) is 0 Å². The second-order valence-electron chi connectivity index (χ2n) is 7.51. The van der Waals surface area contributed by atoms with Crippen LogP contribution in [0.5, 0.6) is 0 Å². The Morgan fingerprint density at radius 2 is 2.04 bits per heavy atom. The standard InChI is InChI=1S/C19H29N7/c1-20-19(22-14-12-15-6-5-7-16(13-14)25(15)2)21-10-9-18-24-23-17-8-3-4-11-26(17)18/h3-4,8,11,14-16H,5-7,9-10,12-13H2,1-2H3,(H2,20,21,22). The van der Waals surface area contributed by atoms with Gasteiger partial charge < -0.3 is 15.5 Å². The van der Waals surface area contributed by atoms with E-state index in [4.69, 9.17) is 0 Å². The van der Waals surface area contributed by atoms with E-state index < -0.39 is 0 Å². The maximum absolute atomic E-state index is 4.41. The number of nitrogens with zero attached hydrogens (tertiary/aromatic N) is 5. The SMILES string of the molecule is CN=C(NCCc1nnc2ccccn12)NC1CC2CCCC(C1)N2C. The van der Waals surface area contributed by atoms with E-state index in [0.29, 0.717) is 6.04 Å². The lowest BCUT2D eigenvalue weighted by molar-refractivity contribution is 0.0526. The predicted octanol–water partition coefficient (Wildman–Crippen LogP) is 1.45. The zero-order valence-corrected chi connectivity index (χ0v) is 15.7. The smallest absolute Gasteiger partial charge is 0.191 e. The number of rotatable bonds is 4. The summed E-state index contributed by atoms with van der Waals surface area (Å²) in [5.41, 5.74) is 0.892. The molecule has 0 saturated carbocycles. The second kappa shape index (κ2) is 7.61. The molecule has 2 aliphatic rings. The number of piperidine rings is 2. The Bertz CT molecular complexity index is 754. The molecule has 140 valence electrons. The van der Waals surface area contributed by atoms with Gasteiger partial charge in [-0.15, -0.1) is 10.2 Å². The quantitative estimate of drug-likeness (QED) is 0.642. The average molecular weight is 355 g/mol. The molecular weight excluding hydrogens is 326 g/mol. The van der Waals surface area contributed by atoms with Gasteiger partial charge in [0.15, 0.2) is 11.6 Å². The number of aliphatic imine (C=N–C) groups is 1. The average Bonchev–Trinajstić information content (AvgIpc) is 3.05. The first-order valence-corrected chi connectivity index (χ1v) is 9.72. The maximum Gasteiger partial charge on any atom is 0.191 e. The van der Waals surface area contributed by atoms with Crippen molar-refractivity contribution < 1.29 is 0 Å². The van der Waals surface area contributed by atoms with E-state index in [1.807, 2.05) is 35.8 Å². The van der Waals surface area contributed by atoms with Crippen LogP contribution < -0.4 is 10.6 Å². The summed E-state index contributed by atoms with van der Waals surface area (Å²) in [6.07, 6.45) is 9.28. The first kappa shape index (κ1) is 17.3. The summed E-state index contributed by atoms with van der Waals surface area (Å²) in [5, 5.41) is 15.6. The number of nitrogens with one attached hydrogen (secondary N) is 2. The molecule has 0 spiro atoms. The van der Waals surface area contributed by atoms with Gasteiger partial charge >= 0.3 is 0 Å². The Morgan fingerprint density at radius 3 is 2.81 bits per heavy atom. The monoisotopic (exact) mass is 355 g/mol. The van der Waals surface area contributed by atoms with E-state index >= 15 is 0 Å². The van der Waals surface area contributed by atoms with Gasteiger partial charge in [-0.1, -0.05) is 12.5 Å². The van der Waals surface area contributed by atoms with Crippen molar-refractivity contribution in [1.29, 1.82) is 0 Å². The number of hydrogen-bond donors (Lipinski definition) is 2. The lowest BCUT2D eigenvalue weighted by atomic mass is 9.82. The van der Waals surface area contributed by atoms with Gasteiger partial charge in [-0.3, -0.25) is 9.39 Å². The minimum atomic E-state index is 0.515. The van der Waals surface area contributed by atoms with Crippen molar-refractivity contribution in [2.75, 3.05) is 20.6 Å². The molecule has 2 saturated heterocycles. The summed E-state index contributed by atoms with van der Waals surface area (Å²) >= 11 is 0. The Morgan fingerprint density at radius 1 is 1.23 bits per heavy atom. The van der Waals surface area contributed by atoms with Gasteiger partial charge in [-0.2, -0.15) is 0 Å². The molecule has 0 aliphatic carbocycles. The van der Waals surface area contributed by atoms with Crippen LogP contribution in [0.3, 0.4) is 0 Å². The molecule has 2 atom stereocenters. The molecule has 4 rings (SSSR count). The van der Waals surface area contributed by atoms with E-state index in [-0.39, 0.29) is 0 Å². The summed E-state index contributed by atoms with van der Waals surface area (Å²) in [7, 11) is 4.14. The molecule has 2 N–H and O–H groups in total. The number of fused-ring (bicyclic) bond motifs is 3. The first-order valence-electron chi connectivity index (χ1n) is 9.72. The van der Waals surface area contributed by atoms with Gasteiger partial charge in [0, 0.05) is 44.3 Å². The van der Waals surface area contributed by atoms with Crippen LogP contribution in [0.1, 0.15) is 37.9 Å². The van der Waals surface area contributed by atoms with Crippen LogP contribution in [-0.2, 0) is 6.42 Å². The van der Waals surface area contributed by atoms with Crippen molar-refractivity contribution in [3.63, 3.8) is 0 Å². The van der Waals surface area contributed by atoms with Gasteiger partial charge in [0.2, 0.25) is 0 Å². The highest BCUT2D eigenvalue weighted by Gasteiger charge is 2.36. The van der Waals surface area contributed by atoms with Crippen molar-refractivity contribution in [2.45, 2.75) is 56.7 Å². The fourth-order valence-electron chi connectivity index (χ4n) is 4.48. The Hall–Kier alpha value is -2.15. The van der Waals surface area contributed by atoms with E-state index in [9.17, 15) is 0 Å². The fourth-order valence-corrected chi connectivity index (χ4v) is 4.48. The molecule has 0 amide bonds. The van der Waals surface area contributed by atoms with Gasteiger partial charge in [-0.25, -0.2) is 0 Å². The summed E-state index contributed by atoms with van der Waals surface area (Å²) < 4.78 is 2.04. The van der Waals surface area contributed by atoms with Gasteiger partial charge in [0.25, 0.3) is 0 Å². The highest BCUT2D eigenvalue weighted by Crippen LogP contribution is 2.32. The third-order valence-electron chi connectivity index (χ3n) is 5.93. The fraction of sp³-hybridized carbons (Fsp3) is 0.632. The first-order chi connectivity index (χ1) is 12.7. The third-order valence-corrected chi connectivity index (χ3v) is 5.93. The zero-order chi connectivity index (χ0) is 17.9. The Labute approximate surface area is 154 Å². The van der Waals surface area contributed by atoms with Crippen LogP contribution in [-0.4, -0.2) is 64.2 Å². The lowest BCUT2D eigenvalue weighted by Crippen LogP contribution is -2.56. The molecule has 2 aromatic rings. The van der Waals surface area contributed by atoms with Crippen molar-refractivity contribution in [2.24, 2.45) is 4.99 Å². The Balaban J connectivity index is 1.30. The molecule has 2 unspecified atom stereocenters. The highest BCUT2D eigenvalue weighted by atomic mass is 15.3. The number of guanidine groups is 1. The summed E-state index contributed by atoms with van der Waals surface area (Å²) in [6, 6.07) is 7.92. The molecule has 0 radical (unpaired) electrons. The third kappa shape index (κ3) is 3.53. The largest absolute Gasteiger partial charge is 0.356 e. The topological polar surface area (TPSA) is 69.8 Å². The van der Waals surface area contributed by atoms with Crippen LogP contribution in [0, 0.1) is 0 Å². The van der Waals surface area contributed by atoms with Crippen LogP contribution in [0.25, 0.3) is 5.65 Å². The number of hydrogen-bond acceptors (Lipinski definition) is 4. The molecule has 2 aromatic heterocycles. The molecule has 7 heteroatoms. The molecule has 2 bridgehead atoms. The van der Waals surface area contributed by atoms with Crippen molar-refractivity contribution in [3.05, 3.63) is 30.2 Å². The Kier molecular flexibility index (Phi) is 5.06. The molecule has 4 heterocycles. The van der Waals surface area contributed by atoms with E-state index in [2.05, 4.69) is 37.8 Å². The lowest BCUT2D eigenvalue weighted by Gasteiger charge is -2.47. The zero-order valence-electron chi connectivity index (χ0n) is 15.7. The van der Waals surface area contributed by atoms with E-state index in [1.54, 1.807) is 0 Å². The highest BCUT2D eigenvalue weighted by molar-refractivity contribution is 5.80. The van der Waals surface area contributed by atoms with E-state index in [1.165, 1.54) is 32.1 Å². The normalized spacial score (nSPS) is 26.8. The van der Waals surface area contributed by atoms with E-state index in [0.717, 1.165) is 42.5 Å². The van der Waals surface area contributed by atoms with Crippen LogP contribution >= 0.6 is 0 Å². The molecule has 7 nitrogen and oxygen atoms in total. The minimum absolute atomic E-state index is 0.515. The number of aromatic nitrogens is 3. The molecule has 2 aliphatic heterocycles. The summed E-state index contributed by atoms with van der Waals surface area (Å²) in [6.45, 7) is 0.787. The summed E-state index contributed by atoms with van der Waals surface area (Å²) in [5.74, 6) is 1.86. The maximum atomic E-state index is 4.41. The van der Waals surface area contributed by atoms with Gasteiger partial charge in [0.05, 0.1) is 0 Å².